The maximum atomic E-state index is 5.45. The molecule has 0 radical (unpaired) electrons. The molecule has 0 bridgehead atoms. The topological polar surface area (TPSA) is 52.6 Å². The van der Waals surface area contributed by atoms with E-state index in [1.165, 1.54) is 5.56 Å². The van der Waals surface area contributed by atoms with Crippen LogP contribution in [0.15, 0.2) is 58.4 Å². The van der Waals surface area contributed by atoms with Crippen molar-refractivity contribution in [2.24, 2.45) is 0 Å². The number of ether oxygens (including phenoxy) is 1. The van der Waals surface area contributed by atoms with E-state index < -0.39 is 0 Å². The minimum absolute atomic E-state index is 0.804. The second-order valence-electron chi connectivity index (χ2n) is 4.85. The molecule has 0 saturated heterocycles. The van der Waals surface area contributed by atoms with Gasteiger partial charge in [0.05, 0.1) is 24.4 Å². The first-order chi connectivity index (χ1) is 10.8. The number of rotatable bonds is 4. The standard InChI is InChI=1S/C16H13N3O2S/c1-20-12-4-2-3-11(7-12)9-22-16-14-8-15-13(5-6-21-15)19(14)10-17-18-16/h2-8,10H,9H2,1H3. The van der Waals surface area contributed by atoms with Gasteiger partial charge in [0, 0.05) is 17.9 Å². The average Bonchev–Trinajstić information content (AvgIpc) is 3.14. The maximum Gasteiger partial charge on any atom is 0.152 e. The predicted molar refractivity (Wildman–Crippen MR) is 85.3 cm³/mol. The van der Waals surface area contributed by atoms with Gasteiger partial charge in [0.1, 0.15) is 17.1 Å². The highest BCUT2D eigenvalue weighted by molar-refractivity contribution is 7.98. The molecule has 0 atom stereocenters. The van der Waals surface area contributed by atoms with E-state index in [2.05, 4.69) is 16.3 Å². The summed E-state index contributed by atoms with van der Waals surface area (Å²) in [5.41, 5.74) is 4.05. The second-order valence-corrected chi connectivity index (χ2v) is 5.81. The summed E-state index contributed by atoms with van der Waals surface area (Å²) in [5, 5.41) is 9.23. The van der Waals surface area contributed by atoms with E-state index in [-0.39, 0.29) is 0 Å². The number of hydrogen-bond acceptors (Lipinski definition) is 5. The fourth-order valence-electron chi connectivity index (χ4n) is 2.43. The zero-order valence-corrected chi connectivity index (χ0v) is 12.7. The summed E-state index contributed by atoms with van der Waals surface area (Å²) in [6.07, 6.45) is 3.39. The van der Waals surface area contributed by atoms with E-state index in [4.69, 9.17) is 9.15 Å². The molecule has 5 nitrogen and oxygen atoms in total. The molecule has 3 heterocycles. The highest BCUT2D eigenvalue weighted by Crippen LogP contribution is 2.29. The van der Waals surface area contributed by atoms with Crippen molar-refractivity contribution in [2.75, 3.05) is 7.11 Å². The number of hydrogen-bond donors (Lipinski definition) is 0. The van der Waals surface area contributed by atoms with Gasteiger partial charge in [-0.1, -0.05) is 23.9 Å². The van der Waals surface area contributed by atoms with Crippen LogP contribution < -0.4 is 4.74 Å². The van der Waals surface area contributed by atoms with Crippen LogP contribution in [-0.2, 0) is 5.75 Å². The van der Waals surface area contributed by atoms with Crippen molar-refractivity contribution < 1.29 is 9.15 Å². The molecular weight excluding hydrogens is 298 g/mol. The van der Waals surface area contributed by atoms with Gasteiger partial charge in [0.2, 0.25) is 0 Å². The van der Waals surface area contributed by atoms with Crippen LogP contribution in [0.3, 0.4) is 0 Å². The molecule has 0 unspecified atom stereocenters. The summed E-state index contributed by atoms with van der Waals surface area (Å²) in [6, 6.07) is 12.0. The van der Waals surface area contributed by atoms with E-state index in [0.29, 0.717) is 0 Å². The third-order valence-electron chi connectivity index (χ3n) is 3.50. The van der Waals surface area contributed by atoms with Crippen LogP contribution in [0.25, 0.3) is 16.6 Å². The number of methoxy groups -OCH3 is 1. The molecule has 110 valence electrons. The fraction of sp³-hybridized carbons (Fsp3) is 0.125. The molecule has 0 aliphatic rings. The Morgan fingerprint density at radius 1 is 1.23 bits per heavy atom. The van der Waals surface area contributed by atoms with Gasteiger partial charge in [-0.15, -0.1) is 10.2 Å². The second kappa shape index (κ2) is 5.38. The molecule has 1 aromatic carbocycles. The van der Waals surface area contributed by atoms with Crippen molar-refractivity contribution in [1.29, 1.82) is 0 Å². The molecule has 4 aromatic rings. The molecule has 3 aromatic heterocycles. The smallest absolute Gasteiger partial charge is 0.152 e. The van der Waals surface area contributed by atoms with Gasteiger partial charge >= 0.3 is 0 Å². The fourth-order valence-corrected chi connectivity index (χ4v) is 3.32. The van der Waals surface area contributed by atoms with Crippen LogP contribution >= 0.6 is 11.8 Å². The monoisotopic (exact) mass is 311 g/mol. The van der Waals surface area contributed by atoms with Crippen LogP contribution in [0.1, 0.15) is 5.56 Å². The highest BCUT2D eigenvalue weighted by Gasteiger charge is 2.11. The first-order valence-corrected chi connectivity index (χ1v) is 7.79. The van der Waals surface area contributed by atoms with Crippen molar-refractivity contribution in [3.63, 3.8) is 0 Å². The third-order valence-corrected chi connectivity index (χ3v) is 4.55. The molecule has 0 aliphatic heterocycles. The van der Waals surface area contributed by atoms with Gasteiger partial charge in [-0.05, 0) is 17.7 Å². The molecule has 0 aliphatic carbocycles. The van der Waals surface area contributed by atoms with Crippen molar-refractivity contribution in [2.45, 2.75) is 10.8 Å². The highest BCUT2D eigenvalue weighted by atomic mass is 32.2. The van der Waals surface area contributed by atoms with E-state index in [9.17, 15) is 0 Å². The SMILES string of the molecule is COc1cccc(CSc2nncn3c2cc2occc23)c1. The largest absolute Gasteiger partial charge is 0.497 e. The van der Waals surface area contributed by atoms with E-state index >= 15 is 0 Å². The lowest BCUT2D eigenvalue weighted by Gasteiger charge is -2.05. The molecule has 0 spiro atoms. The molecule has 0 saturated carbocycles. The van der Waals surface area contributed by atoms with Crippen LogP contribution in [-0.4, -0.2) is 21.7 Å². The van der Waals surface area contributed by atoms with Gasteiger partial charge in [-0.2, -0.15) is 0 Å². The van der Waals surface area contributed by atoms with Gasteiger partial charge in [-0.25, -0.2) is 0 Å². The number of furan rings is 1. The van der Waals surface area contributed by atoms with Gasteiger partial charge in [0.25, 0.3) is 0 Å². The predicted octanol–water partition coefficient (Wildman–Crippen LogP) is 3.78. The number of thioether (sulfide) groups is 1. The molecule has 22 heavy (non-hydrogen) atoms. The van der Waals surface area contributed by atoms with Crippen LogP contribution in [0.2, 0.25) is 0 Å². The van der Waals surface area contributed by atoms with E-state index in [1.807, 2.05) is 34.7 Å². The van der Waals surface area contributed by atoms with Gasteiger partial charge < -0.3 is 9.15 Å². The summed E-state index contributed by atoms with van der Waals surface area (Å²) >= 11 is 1.65. The summed E-state index contributed by atoms with van der Waals surface area (Å²) in [4.78, 5) is 0. The Morgan fingerprint density at radius 3 is 3.09 bits per heavy atom. The lowest BCUT2D eigenvalue weighted by Crippen LogP contribution is -1.93. The number of fused-ring (bicyclic) bond motifs is 3. The third kappa shape index (κ3) is 2.21. The van der Waals surface area contributed by atoms with Crippen molar-refractivity contribution in [1.82, 2.24) is 14.6 Å². The molecular formula is C16H13N3O2S. The lowest BCUT2D eigenvalue weighted by molar-refractivity contribution is 0.414. The Morgan fingerprint density at radius 2 is 2.18 bits per heavy atom. The molecule has 4 rings (SSSR count). The molecule has 0 amide bonds. The van der Waals surface area contributed by atoms with Crippen molar-refractivity contribution in [3.8, 4) is 5.75 Å². The first kappa shape index (κ1) is 13.2. The summed E-state index contributed by atoms with van der Waals surface area (Å²) in [7, 11) is 1.67. The molecule has 0 fully saturated rings. The van der Waals surface area contributed by atoms with E-state index in [1.54, 1.807) is 31.5 Å². The van der Waals surface area contributed by atoms with Crippen LogP contribution in [0.5, 0.6) is 5.75 Å². The molecule has 0 N–H and O–H groups in total. The number of benzene rings is 1. The zero-order chi connectivity index (χ0) is 14.9. The Bertz CT molecular complexity index is 945. The van der Waals surface area contributed by atoms with Gasteiger partial charge in [0.15, 0.2) is 5.58 Å². The van der Waals surface area contributed by atoms with Crippen molar-refractivity contribution in [3.05, 3.63) is 54.6 Å². The number of nitrogens with zero attached hydrogens (tertiary/aromatic N) is 3. The Kier molecular flexibility index (Phi) is 3.23. The zero-order valence-electron chi connectivity index (χ0n) is 11.9. The minimum atomic E-state index is 0.804. The maximum absolute atomic E-state index is 5.45. The molecule has 6 heteroatoms. The first-order valence-electron chi connectivity index (χ1n) is 6.81. The lowest BCUT2D eigenvalue weighted by atomic mass is 10.2. The summed E-state index contributed by atoms with van der Waals surface area (Å²) in [5.74, 6) is 1.67. The Hall–Kier alpha value is -2.47. The average molecular weight is 311 g/mol. The summed E-state index contributed by atoms with van der Waals surface area (Å²) < 4.78 is 12.7. The Balaban J connectivity index is 1.66. The summed E-state index contributed by atoms with van der Waals surface area (Å²) in [6.45, 7) is 0. The minimum Gasteiger partial charge on any atom is -0.497 e. The normalized spacial score (nSPS) is 11.3. The van der Waals surface area contributed by atoms with Crippen LogP contribution in [0, 0.1) is 0 Å². The van der Waals surface area contributed by atoms with Crippen LogP contribution in [0.4, 0.5) is 0 Å². The quantitative estimate of drug-likeness (QED) is 0.537. The van der Waals surface area contributed by atoms with Gasteiger partial charge in [-0.3, -0.25) is 4.40 Å². The number of aromatic nitrogens is 3. The van der Waals surface area contributed by atoms with Crippen molar-refractivity contribution >= 4 is 28.4 Å². The van der Waals surface area contributed by atoms with E-state index in [0.717, 1.165) is 33.1 Å². The Labute approximate surface area is 130 Å².